The van der Waals surface area contributed by atoms with Crippen molar-refractivity contribution in [3.8, 4) is 0 Å². The molecule has 2 aromatic carbocycles. The van der Waals surface area contributed by atoms with Gasteiger partial charge in [0.15, 0.2) is 0 Å². The van der Waals surface area contributed by atoms with Crippen LogP contribution in [-0.2, 0) is 0 Å². The minimum absolute atomic E-state index is 0.567. The van der Waals surface area contributed by atoms with Crippen molar-refractivity contribution in [3.05, 3.63) is 53.6 Å². The van der Waals surface area contributed by atoms with Gasteiger partial charge in [-0.25, -0.2) is 0 Å². The number of rotatable bonds is 1. The minimum atomic E-state index is 0.567. The van der Waals surface area contributed by atoms with Crippen molar-refractivity contribution in [2.24, 2.45) is 10.9 Å². The predicted octanol–water partition coefficient (Wildman–Crippen LogP) is 4.60. The van der Waals surface area contributed by atoms with Crippen LogP contribution in [0.15, 0.2) is 47.5 Å². The zero-order chi connectivity index (χ0) is 12.5. The van der Waals surface area contributed by atoms with Gasteiger partial charge >= 0.3 is 0 Å². The molecule has 0 bridgehead atoms. The Kier molecular flexibility index (Phi) is 2.75. The summed E-state index contributed by atoms with van der Waals surface area (Å²) in [4.78, 5) is 4.54. The molecular formula is C17H17N. The number of benzene rings is 2. The Hall–Kier alpha value is -1.89. The molecule has 0 N–H and O–H groups in total. The number of allylic oxidation sites excluding steroid dienone is 1. The Morgan fingerprint density at radius 1 is 1.06 bits per heavy atom. The molecule has 90 valence electrons. The van der Waals surface area contributed by atoms with Gasteiger partial charge in [0.2, 0.25) is 0 Å². The lowest BCUT2D eigenvalue weighted by atomic mass is 10.00. The van der Waals surface area contributed by atoms with Crippen LogP contribution in [0.2, 0.25) is 0 Å². The maximum Gasteiger partial charge on any atom is 0.0658 e. The molecular weight excluding hydrogens is 218 g/mol. The van der Waals surface area contributed by atoms with E-state index in [9.17, 15) is 0 Å². The van der Waals surface area contributed by atoms with Crippen LogP contribution in [0.3, 0.4) is 0 Å². The van der Waals surface area contributed by atoms with Crippen LogP contribution in [-0.4, -0.2) is 6.21 Å². The molecule has 1 unspecified atom stereocenters. The molecule has 0 spiro atoms. The lowest BCUT2D eigenvalue weighted by molar-refractivity contribution is 0.799. The summed E-state index contributed by atoms with van der Waals surface area (Å²) in [7, 11) is 0. The van der Waals surface area contributed by atoms with E-state index >= 15 is 0 Å². The van der Waals surface area contributed by atoms with E-state index in [0.29, 0.717) is 5.92 Å². The number of aliphatic imine (C=N–C) groups is 1. The smallest absolute Gasteiger partial charge is 0.0658 e. The van der Waals surface area contributed by atoms with Crippen LogP contribution < -0.4 is 0 Å². The molecule has 0 fully saturated rings. The second-order valence-corrected chi connectivity index (χ2v) is 5.15. The summed E-state index contributed by atoms with van der Waals surface area (Å²) in [6, 6.07) is 13.2. The fourth-order valence-electron chi connectivity index (χ4n) is 2.34. The molecule has 3 rings (SSSR count). The summed E-state index contributed by atoms with van der Waals surface area (Å²) < 4.78 is 0. The highest BCUT2D eigenvalue weighted by Gasteiger charge is 2.07. The fourth-order valence-corrected chi connectivity index (χ4v) is 2.34. The average Bonchev–Trinajstić information content (AvgIpc) is 2.39. The van der Waals surface area contributed by atoms with Crippen molar-refractivity contribution in [3.63, 3.8) is 0 Å². The van der Waals surface area contributed by atoms with Crippen LogP contribution in [0.5, 0.6) is 0 Å². The van der Waals surface area contributed by atoms with Crippen LogP contribution in [0, 0.1) is 12.8 Å². The quantitative estimate of drug-likeness (QED) is 0.685. The Bertz CT molecular complexity index is 650. The lowest BCUT2D eigenvalue weighted by Gasteiger charge is -2.11. The second kappa shape index (κ2) is 4.41. The summed E-state index contributed by atoms with van der Waals surface area (Å²) in [6.45, 7) is 4.32. The van der Waals surface area contributed by atoms with E-state index in [0.717, 1.165) is 12.1 Å². The third kappa shape index (κ3) is 2.08. The third-order valence-electron chi connectivity index (χ3n) is 3.44. The molecule has 0 aromatic heterocycles. The van der Waals surface area contributed by atoms with Crippen molar-refractivity contribution in [2.75, 3.05) is 0 Å². The molecule has 0 amide bonds. The van der Waals surface area contributed by atoms with E-state index in [-0.39, 0.29) is 0 Å². The van der Waals surface area contributed by atoms with Gasteiger partial charge in [-0.2, -0.15) is 0 Å². The molecule has 0 saturated carbocycles. The molecule has 1 aliphatic rings. The minimum Gasteiger partial charge on any atom is -0.261 e. The predicted molar refractivity (Wildman–Crippen MR) is 78.9 cm³/mol. The van der Waals surface area contributed by atoms with E-state index in [1.807, 2.05) is 0 Å². The first-order valence-electron chi connectivity index (χ1n) is 6.47. The highest BCUT2D eigenvalue weighted by molar-refractivity contribution is 5.88. The first kappa shape index (κ1) is 11.2. The first-order valence-corrected chi connectivity index (χ1v) is 6.47. The van der Waals surface area contributed by atoms with E-state index in [1.165, 1.54) is 21.9 Å². The number of hydrogen-bond acceptors (Lipinski definition) is 1. The Labute approximate surface area is 108 Å². The van der Waals surface area contributed by atoms with Crippen LogP contribution in [0.25, 0.3) is 16.5 Å². The van der Waals surface area contributed by atoms with Gasteiger partial charge in [-0.15, -0.1) is 0 Å². The van der Waals surface area contributed by atoms with Crippen molar-refractivity contribution in [1.29, 1.82) is 0 Å². The van der Waals surface area contributed by atoms with Gasteiger partial charge in [0.05, 0.1) is 5.70 Å². The van der Waals surface area contributed by atoms with Crippen LogP contribution in [0.4, 0.5) is 0 Å². The van der Waals surface area contributed by atoms with Gasteiger partial charge in [-0.1, -0.05) is 48.9 Å². The van der Waals surface area contributed by atoms with E-state index in [4.69, 9.17) is 0 Å². The molecule has 1 nitrogen and oxygen atoms in total. The SMILES string of the molecule is Cc1ccc2cc(C3=CCC(C)C=N3)ccc2c1. The maximum absolute atomic E-state index is 4.54. The van der Waals surface area contributed by atoms with Gasteiger partial charge in [-0.05, 0) is 36.1 Å². The van der Waals surface area contributed by atoms with Crippen LogP contribution in [0.1, 0.15) is 24.5 Å². The Morgan fingerprint density at radius 3 is 2.61 bits per heavy atom. The molecule has 1 atom stereocenters. The third-order valence-corrected chi connectivity index (χ3v) is 3.44. The normalized spacial score (nSPS) is 19.0. The fraction of sp³-hybridized carbons (Fsp3) is 0.235. The van der Waals surface area contributed by atoms with E-state index in [2.05, 4.69) is 67.5 Å². The molecule has 1 aliphatic heterocycles. The second-order valence-electron chi connectivity index (χ2n) is 5.15. The first-order chi connectivity index (χ1) is 8.72. The number of fused-ring (bicyclic) bond motifs is 1. The highest BCUT2D eigenvalue weighted by Crippen LogP contribution is 2.25. The zero-order valence-electron chi connectivity index (χ0n) is 10.9. The number of hydrogen-bond donors (Lipinski definition) is 0. The summed E-state index contributed by atoms with van der Waals surface area (Å²) in [5, 5.41) is 2.58. The van der Waals surface area contributed by atoms with Gasteiger partial charge in [0.25, 0.3) is 0 Å². The number of nitrogens with zero attached hydrogens (tertiary/aromatic N) is 1. The largest absolute Gasteiger partial charge is 0.261 e. The average molecular weight is 235 g/mol. The van der Waals surface area contributed by atoms with E-state index in [1.54, 1.807) is 0 Å². The van der Waals surface area contributed by atoms with Crippen molar-refractivity contribution in [2.45, 2.75) is 20.3 Å². The standard InChI is InChI=1S/C17H17N/c1-12-3-5-15-10-16(7-6-14(15)9-12)17-8-4-13(2)11-18-17/h3,5-11,13H,4H2,1-2H3. The van der Waals surface area contributed by atoms with Gasteiger partial charge in [-0.3, -0.25) is 4.99 Å². The highest BCUT2D eigenvalue weighted by atomic mass is 14.7. The molecule has 0 aliphatic carbocycles. The van der Waals surface area contributed by atoms with Crippen molar-refractivity contribution >= 4 is 22.7 Å². The Morgan fingerprint density at radius 2 is 1.83 bits per heavy atom. The summed E-state index contributed by atoms with van der Waals surface area (Å²) in [6.07, 6.45) is 5.37. The van der Waals surface area contributed by atoms with Gasteiger partial charge in [0, 0.05) is 11.8 Å². The van der Waals surface area contributed by atoms with E-state index < -0.39 is 0 Å². The lowest BCUT2D eigenvalue weighted by Crippen LogP contribution is -1.99. The molecule has 2 aromatic rings. The molecule has 0 radical (unpaired) electrons. The van der Waals surface area contributed by atoms with Crippen LogP contribution >= 0.6 is 0 Å². The molecule has 18 heavy (non-hydrogen) atoms. The molecule has 0 saturated heterocycles. The summed E-state index contributed by atoms with van der Waals surface area (Å²) in [5.41, 5.74) is 3.63. The number of aryl methyl sites for hydroxylation is 1. The zero-order valence-corrected chi connectivity index (χ0v) is 10.9. The van der Waals surface area contributed by atoms with Gasteiger partial charge < -0.3 is 0 Å². The summed E-state index contributed by atoms with van der Waals surface area (Å²) >= 11 is 0. The molecule has 1 heterocycles. The van der Waals surface area contributed by atoms with Crippen molar-refractivity contribution < 1.29 is 0 Å². The topological polar surface area (TPSA) is 12.4 Å². The summed E-state index contributed by atoms with van der Waals surface area (Å²) in [5.74, 6) is 0.567. The Balaban J connectivity index is 2.04. The monoisotopic (exact) mass is 235 g/mol. The molecule has 1 heteroatoms. The maximum atomic E-state index is 4.54. The van der Waals surface area contributed by atoms with Crippen molar-refractivity contribution in [1.82, 2.24) is 0 Å². The van der Waals surface area contributed by atoms with Gasteiger partial charge in [0.1, 0.15) is 0 Å².